The van der Waals surface area contributed by atoms with E-state index in [4.69, 9.17) is 4.52 Å². The van der Waals surface area contributed by atoms with Crippen LogP contribution in [-0.4, -0.2) is 20.9 Å². The molecule has 0 aliphatic rings. The van der Waals surface area contributed by atoms with Gasteiger partial charge in [0, 0.05) is 31.5 Å². The number of aromatic nitrogens is 2. The maximum absolute atomic E-state index is 12.9. The Morgan fingerprint density at radius 3 is 2.40 bits per heavy atom. The van der Waals surface area contributed by atoms with E-state index in [1.165, 1.54) is 5.56 Å². The summed E-state index contributed by atoms with van der Waals surface area (Å²) < 4.78 is 5.16. The van der Waals surface area contributed by atoms with Gasteiger partial charge in [-0.2, -0.15) is 0 Å². The van der Waals surface area contributed by atoms with Crippen molar-refractivity contribution in [3.05, 3.63) is 83.0 Å². The molecule has 5 nitrogen and oxygen atoms in total. The van der Waals surface area contributed by atoms with Gasteiger partial charge in [0.2, 0.25) is 5.76 Å². The smallest absolute Gasteiger partial charge is 0.293 e. The molecule has 5 heteroatoms. The lowest BCUT2D eigenvalue weighted by atomic mass is 10.1. The van der Waals surface area contributed by atoms with Gasteiger partial charge in [0.15, 0.2) is 0 Å². The van der Waals surface area contributed by atoms with Crippen molar-refractivity contribution in [1.29, 1.82) is 0 Å². The lowest BCUT2D eigenvalue weighted by molar-refractivity contribution is 0.0687. The maximum Gasteiger partial charge on any atom is 0.293 e. The molecule has 2 aromatic heterocycles. The summed E-state index contributed by atoms with van der Waals surface area (Å²) in [5, 5.41) is 3.82. The number of amides is 1. The lowest BCUT2D eigenvalue weighted by Gasteiger charge is -2.21. The first kappa shape index (κ1) is 16.9. The van der Waals surface area contributed by atoms with Crippen LogP contribution in [0.15, 0.2) is 59.4 Å². The van der Waals surface area contributed by atoms with Gasteiger partial charge in [0.1, 0.15) is 0 Å². The van der Waals surface area contributed by atoms with Gasteiger partial charge in [-0.05, 0) is 36.1 Å². The third-order valence-electron chi connectivity index (χ3n) is 4.03. The van der Waals surface area contributed by atoms with Crippen molar-refractivity contribution in [2.45, 2.75) is 33.4 Å². The second kappa shape index (κ2) is 7.75. The first-order valence-electron chi connectivity index (χ1n) is 8.35. The molecule has 0 saturated heterocycles. The van der Waals surface area contributed by atoms with E-state index in [0.29, 0.717) is 18.8 Å². The quantitative estimate of drug-likeness (QED) is 0.688. The molecule has 2 heterocycles. The van der Waals surface area contributed by atoms with Crippen molar-refractivity contribution >= 4 is 5.91 Å². The van der Waals surface area contributed by atoms with Crippen molar-refractivity contribution in [3.63, 3.8) is 0 Å². The van der Waals surface area contributed by atoms with E-state index in [0.717, 1.165) is 17.5 Å². The van der Waals surface area contributed by atoms with Gasteiger partial charge < -0.3 is 9.42 Å². The molecule has 128 valence electrons. The van der Waals surface area contributed by atoms with Crippen molar-refractivity contribution in [3.8, 4) is 0 Å². The number of hydrogen-bond acceptors (Lipinski definition) is 4. The molecule has 0 N–H and O–H groups in total. The number of rotatable bonds is 6. The van der Waals surface area contributed by atoms with E-state index >= 15 is 0 Å². The Hall–Kier alpha value is -2.95. The monoisotopic (exact) mass is 335 g/mol. The largest absolute Gasteiger partial charge is 0.351 e. The first-order chi connectivity index (χ1) is 12.2. The van der Waals surface area contributed by atoms with Crippen molar-refractivity contribution in [2.24, 2.45) is 0 Å². The molecule has 3 rings (SSSR count). The Kier molecular flexibility index (Phi) is 5.23. The van der Waals surface area contributed by atoms with Crippen LogP contribution in [0.25, 0.3) is 0 Å². The fourth-order valence-electron chi connectivity index (χ4n) is 2.63. The summed E-state index contributed by atoms with van der Waals surface area (Å²) in [5.74, 6) is 0.0792. The van der Waals surface area contributed by atoms with E-state index < -0.39 is 0 Å². The zero-order chi connectivity index (χ0) is 17.6. The molecule has 3 aromatic rings. The molecule has 0 radical (unpaired) electrons. The Bertz CT molecular complexity index is 826. The highest BCUT2D eigenvalue weighted by atomic mass is 16.5. The average molecular weight is 335 g/mol. The second-order valence-corrected chi connectivity index (χ2v) is 6.03. The summed E-state index contributed by atoms with van der Waals surface area (Å²) in [4.78, 5) is 18.7. The van der Waals surface area contributed by atoms with Crippen LogP contribution in [-0.2, 0) is 19.5 Å². The van der Waals surface area contributed by atoms with Crippen molar-refractivity contribution in [2.75, 3.05) is 0 Å². The van der Waals surface area contributed by atoms with E-state index in [9.17, 15) is 4.79 Å². The summed E-state index contributed by atoms with van der Waals surface area (Å²) >= 11 is 0. The Morgan fingerprint density at radius 2 is 1.80 bits per heavy atom. The van der Waals surface area contributed by atoms with Gasteiger partial charge >= 0.3 is 0 Å². The minimum atomic E-state index is -0.177. The lowest BCUT2D eigenvalue weighted by Crippen LogP contribution is -2.30. The fraction of sp³-hybridized carbons (Fsp3) is 0.250. The molecule has 0 bridgehead atoms. The highest BCUT2D eigenvalue weighted by Gasteiger charge is 2.20. The van der Waals surface area contributed by atoms with E-state index in [1.807, 2.05) is 12.1 Å². The summed E-state index contributed by atoms with van der Waals surface area (Å²) in [7, 11) is 0. The summed E-state index contributed by atoms with van der Waals surface area (Å²) in [6, 6.07) is 13.8. The minimum Gasteiger partial charge on any atom is -0.351 e. The zero-order valence-electron chi connectivity index (χ0n) is 14.5. The molecular formula is C20H21N3O2. The van der Waals surface area contributed by atoms with Gasteiger partial charge in [-0.1, -0.05) is 42.4 Å². The molecular weight excluding hydrogens is 314 g/mol. The second-order valence-electron chi connectivity index (χ2n) is 6.03. The third-order valence-corrected chi connectivity index (χ3v) is 4.03. The predicted molar refractivity (Wildman–Crippen MR) is 94.9 cm³/mol. The van der Waals surface area contributed by atoms with Crippen LogP contribution in [0, 0.1) is 6.92 Å². The molecule has 1 aromatic carbocycles. The molecule has 0 spiro atoms. The van der Waals surface area contributed by atoms with Crippen LogP contribution in [0.3, 0.4) is 0 Å². The predicted octanol–water partition coefficient (Wildman–Crippen LogP) is 3.78. The van der Waals surface area contributed by atoms with Crippen LogP contribution in [0.2, 0.25) is 0 Å². The van der Waals surface area contributed by atoms with Crippen LogP contribution in [0.1, 0.15) is 39.9 Å². The third kappa shape index (κ3) is 4.32. The number of carbonyl (C=O) groups excluding carboxylic acids is 1. The topological polar surface area (TPSA) is 59.2 Å². The Labute approximate surface area is 147 Å². The summed E-state index contributed by atoms with van der Waals surface area (Å²) in [5.41, 5.74) is 4.01. The van der Waals surface area contributed by atoms with Gasteiger partial charge in [0.05, 0.1) is 5.69 Å². The molecule has 0 unspecified atom stereocenters. The Morgan fingerprint density at radius 1 is 1.08 bits per heavy atom. The normalized spacial score (nSPS) is 10.6. The van der Waals surface area contributed by atoms with Gasteiger partial charge in [-0.3, -0.25) is 9.78 Å². The standard InChI is InChI=1S/C20H21N3O2/c1-3-16-6-8-17(9-7-16)13-23(14-18-5-4-10-21-12-18)20(24)19-11-15(2)22-25-19/h4-12H,3,13-14H2,1-2H3. The highest BCUT2D eigenvalue weighted by molar-refractivity contribution is 5.91. The molecule has 0 atom stereocenters. The van der Waals surface area contributed by atoms with E-state index in [-0.39, 0.29) is 11.7 Å². The fourth-order valence-corrected chi connectivity index (χ4v) is 2.63. The van der Waals surface area contributed by atoms with Crippen molar-refractivity contribution in [1.82, 2.24) is 15.0 Å². The summed E-state index contributed by atoms with van der Waals surface area (Å²) in [6.45, 7) is 4.88. The maximum atomic E-state index is 12.9. The number of benzene rings is 1. The molecule has 0 aliphatic heterocycles. The number of carbonyl (C=O) groups is 1. The molecule has 0 fully saturated rings. The number of hydrogen-bond donors (Lipinski definition) is 0. The molecule has 25 heavy (non-hydrogen) atoms. The first-order valence-corrected chi connectivity index (χ1v) is 8.35. The van der Waals surface area contributed by atoms with Crippen molar-refractivity contribution < 1.29 is 9.32 Å². The number of aryl methyl sites for hydroxylation is 2. The van der Waals surface area contributed by atoms with Gasteiger partial charge in [-0.25, -0.2) is 0 Å². The highest BCUT2D eigenvalue weighted by Crippen LogP contribution is 2.15. The zero-order valence-corrected chi connectivity index (χ0v) is 14.5. The van der Waals surface area contributed by atoms with Gasteiger partial charge in [0.25, 0.3) is 5.91 Å². The van der Waals surface area contributed by atoms with Crippen LogP contribution < -0.4 is 0 Å². The minimum absolute atomic E-state index is 0.177. The van der Waals surface area contributed by atoms with E-state index in [1.54, 1.807) is 30.3 Å². The number of nitrogens with zero attached hydrogens (tertiary/aromatic N) is 3. The average Bonchev–Trinajstić information content (AvgIpc) is 3.08. The SMILES string of the molecule is CCc1ccc(CN(Cc2cccnc2)C(=O)c2cc(C)no2)cc1. The summed E-state index contributed by atoms with van der Waals surface area (Å²) in [6.07, 6.45) is 4.49. The Balaban J connectivity index is 1.83. The van der Waals surface area contributed by atoms with E-state index in [2.05, 4.69) is 41.3 Å². The van der Waals surface area contributed by atoms with Gasteiger partial charge in [-0.15, -0.1) is 0 Å². The molecule has 0 saturated carbocycles. The molecule has 1 amide bonds. The van der Waals surface area contributed by atoms with Crippen LogP contribution >= 0.6 is 0 Å². The van der Waals surface area contributed by atoms with Crippen LogP contribution in [0.4, 0.5) is 0 Å². The molecule has 0 aliphatic carbocycles. The van der Waals surface area contributed by atoms with Crippen LogP contribution in [0.5, 0.6) is 0 Å². The number of pyridine rings is 1.